The first kappa shape index (κ1) is 28.9. The molecular weight excluding hydrogens is 502 g/mol. The van der Waals surface area contributed by atoms with Gasteiger partial charge in [-0.15, -0.1) is 0 Å². The number of nitrogens with two attached hydrogens (primary N) is 3. The predicted octanol–water partition coefficient (Wildman–Crippen LogP) is -0.270. The van der Waals surface area contributed by atoms with Crippen molar-refractivity contribution < 1.29 is 23.7 Å². The standard InChI is InChI=1S/C22H37N9O5S/c1-32-19-18(37-22-26-16(24)15-17(25)27-22)20(33-2)29-21(28-19)31-6-4-30(5-7-31)8-10-35-12-14-36-13-11-34-9-3-23/h15H,3-14,23H2,1-2H3,(H4,24,25,26,27). The summed E-state index contributed by atoms with van der Waals surface area (Å²) in [4.78, 5) is 22.6. The van der Waals surface area contributed by atoms with Crippen LogP contribution in [0.3, 0.4) is 0 Å². The highest BCUT2D eigenvalue weighted by molar-refractivity contribution is 7.99. The monoisotopic (exact) mass is 539 g/mol. The molecule has 0 aromatic carbocycles. The number of nitrogens with zero attached hydrogens (tertiary/aromatic N) is 6. The molecule has 0 saturated carbocycles. The third-order valence-electron chi connectivity index (χ3n) is 5.33. The molecule has 1 saturated heterocycles. The molecule has 0 spiro atoms. The number of anilines is 3. The summed E-state index contributed by atoms with van der Waals surface area (Å²) >= 11 is 1.18. The normalized spacial score (nSPS) is 14.2. The van der Waals surface area contributed by atoms with Gasteiger partial charge in [-0.3, -0.25) is 4.90 Å². The molecular formula is C22H37N9O5S. The Labute approximate surface area is 221 Å². The van der Waals surface area contributed by atoms with Gasteiger partial charge in [0, 0.05) is 45.3 Å². The molecule has 0 radical (unpaired) electrons. The Balaban J connectivity index is 1.46. The highest BCUT2D eigenvalue weighted by Crippen LogP contribution is 2.40. The highest BCUT2D eigenvalue weighted by Gasteiger charge is 2.24. The average molecular weight is 540 g/mol. The zero-order chi connectivity index (χ0) is 26.5. The number of hydrogen-bond donors (Lipinski definition) is 3. The van der Waals surface area contributed by atoms with Gasteiger partial charge in [-0.05, 0) is 11.8 Å². The molecule has 15 heteroatoms. The van der Waals surface area contributed by atoms with Gasteiger partial charge in [0.2, 0.25) is 17.7 Å². The van der Waals surface area contributed by atoms with Crippen molar-refractivity contribution in [2.75, 3.05) is 109 Å². The molecule has 0 aliphatic carbocycles. The molecule has 2 aromatic heterocycles. The van der Waals surface area contributed by atoms with Gasteiger partial charge in [0.25, 0.3) is 0 Å². The number of nitrogen functional groups attached to an aromatic ring is 2. The number of piperazine rings is 1. The molecule has 1 aliphatic heterocycles. The molecule has 0 unspecified atom stereocenters. The lowest BCUT2D eigenvalue weighted by molar-refractivity contribution is 0.0116. The van der Waals surface area contributed by atoms with Crippen LogP contribution in [0, 0.1) is 0 Å². The first-order chi connectivity index (χ1) is 18.0. The lowest BCUT2D eigenvalue weighted by Crippen LogP contribution is -2.48. The molecule has 3 heterocycles. The molecule has 0 atom stereocenters. The number of hydrogen-bond acceptors (Lipinski definition) is 15. The van der Waals surface area contributed by atoms with E-state index >= 15 is 0 Å². The van der Waals surface area contributed by atoms with Crippen molar-refractivity contribution >= 4 is 29.3 Å². The quantitative estimate of drug-likeness (QED) is 0.187. The molecule has 0 bridgehead atoms. The van der Waals surface area contributed by atoms with Crippen LogP contribution in [0.25, 0.3) is 0 Å². The van der Waals surface area contributed by atoms with Crippen molar-refractivity contribution in [1.29, 1.82) is 0 Å². The van der Waals surface area contributed by atoms with E-state index in [0.29, 0.717) is 73.9 Å². The summed E-state index contributed by atoms with van der Waals surface area (Å²) in [5.74, 6) is 1.80. The van der Waals surface area contributed by atoms with E-state index in [1.54, 1.807) is 14.2 Å². The largest absolute Gasteiger partial charge is 0.480 e. The SMILES string of the molecule is COc1nc(N2CCN(CCOCCOCCOCCN)CC2)nc(OC)c1Sc1nc(N)cc(N)n1. The van der Waals surface area contributed by atoms with Crippen LogP contribution in [0.4, 0.5) is 17.6 Å². The third-order valence-corrected chi connectivity index (χ3v) is 6.25. The van der Waals surface area contributed by atoms with Crippen LogP contribution in [0.15, 0.2) is 16.1 Å². The fourth-order valence-electron chi connectivity index (χ4n) is 3.49. The predicted molar refractivity (Wildman–Crippen MR) is 140 cm³/mol. The number of rotatable bonds is 16. The van der Waals surface area contributed by atoms with Gasteiger partial charge < -0.3 is 45.8 Å². The molecule has 206 valence electrons. The van der Waals surface area contributed by atoms with Gasteiger partial charge in [0.1, 0.15) is 16.5 Å². The molecule has 14 nitrogen and oxygen atoms in total. The van der Waals surface area contributed by atoms with E-state index in [9.17, 15) is 0 Å². The Morgan fingerprint density at radius 1 is 0.784 bits per heavy atom. The van der Waals surface area contributed by atoms with Crippen LogP contribution in [-0.4, -0.2) is 118 Å². The van der Waals surface area contributed by atoms with Crippen molar-refractivity contribution in [1.82, 2.24) is 24.8 Å². The van der Waals surface area contributed by atoms with E-state index in [1.165, 1.54) is 17.8 Å². The van der Waals surface area contributed by atoms with Crippen molar-refractivity contribution in [3.63, 3.8) is 0 Å². The van der Waals surface area contributed by atoms with E-state index in [-0.39, 0.29) is 11.6 Å². The summed E-state index contributed by atoms with van der Waals surface area (Å²) in [5.41, 5.74) is 17.0. The maximum Gasteiger partial charge on any atom is 0.236 e. The van der Waals surface area contributed by atoms with E-state index in [1.807, 2.05) is 0 Å². The second kappa shape index (κ2) is 15.5. The minimum absolute atomic E-state index is 0.270. The van der Waals surface area contributed by atoms with Gasteiger partial charge in [0.15, 0.2) is 5.16 Å². The molecule has 2 aromatic rings. The van der Waals surface area contributed by atoms with Crippen LogP contribution >= 0.6 is 11.8 Å². The third kappa shape index (κ3) is 9.28. The highest BCUT2D eigenvalue weighted by atomic mass is 32.2. The first-order valence-corrected chi connectivity index (χ1v) is 12.8. The summed E-state index contributed by atoms with van der Waals surface area (Å²) in [6.45, 7) is 8.02. The summed E-state index contributed by atoms with van der Waals surface area (Å²) < 4.78 is 27.5. The Hall–Kier alpha value is -2.69. The maximum atomic E-state index is 5.79. The van der Waals surface area contributed by atoms with E-state index < -0.39 is 0 Å². The van der Waals surface area contributed by atoms with Crippen molar-refractivity contribution in [2.45, 2.75) is 10.1 Å². The molecule has 0 amide bonds. The van der Waals surface area contributed by atoms with Crippen LogP contribution in [0.2, 0.25) is 0 Å². The molecule has 1 fully saturated rings. The fraction of sp³-hybridized carbons (Fsp3) is 0.636. The van der Waals surface area contributed by atoms with Gasteiger partial charge >= 0.3 is 0 Å². The summed E-state index contributed by atoms with van der Waals surface area (Å²) in [7, 11) is 3.09. The topological polar surface area (TPSA) is 182 Å². The molecule has 3 rings (SSSR count). The summed E-state index contributed by atoms with van der Waals surface area (Å²) in [6.07, 6.45) is 0. The fourth-order valence-corrected chi connectivity index (χ4v) is 4.41. The minimum Gasteiger partial charge on any atom is -0.480 e. The molecule has 37 heavy (non-hydrogen) atoms. The lowest BCUT2D eigenvalue weighted by Gasteiger charge is -2.34. The van der Waals surface area contributed by atoms with Crippen molar-refractivity contribution in [2.24, 2.45) is 5.73 Å². The minimum atomic E-state index is 0.270. The van der Waals surface area contributed by atoms with Crippen LogP contribution in [0.1, 0.15) is 0 Å². The van der Waals surface area contributed by atoms with Crippen LogP contribution < -0.4 is 31.6 Å². The van der Waals surface area contributed by atoms with Crippen molar-refractivity contribution in [3.8, 4) is 11.8 Å². The van der Waals surface area contributed by atoms with Gasteiger partial charge in [-0.2, -0.15) is 9.97 Å². The van der Waals surface area contributed by atoms with E-state index in [4.69, 9.17) is 40.9 Å². The van der Waals surface area contributed by atoms with E-state index in [0.717, 1.165) is 32.7 Å². The second-order valence-electron chi connectivity index (χ2n) is 7.93. The average Bonchev–Trinajstić information content (AvgIpc) is 2.89. The Bertz CT molecular complexity index is 921. The zero-order valence-electron chi connectivity index (χ0n) is 21.4. The number of ether oxygens (including phenoxy) is 5. The lowest BCUT2D eigenvalue weighted by atomic mass is 10.3. The number of aromatic nitrogens is 4. The van der Waals surface area contributed by atoms with Crippen LogP contribution in [-0.2, 0) is 14.2 Å². The molecule has 6 N–H and O–H groups in total. The summed E-state index contributed by atoms with van der Waals surface area (Å²) in [6, 6.07) is 1.49. The van der Waals surface area contributed by atoms with Gasteiger partial charge in [0.05, 0.1) is 53.9 Å². The smallest absolute Gasteiger partial charge is 0.236 e. The zero-order valence-corrected chi connectivity index (χ0v) is 22.2. The maximum absolute atomic E-state index is 5.79. The van der Waals surface area contributed by atoms with Crippen molar-refractivity contribution in [3.05, 3.63) is 6.07 Å². The Morgan fingerprint density at radius 3 is 1.86 bits per heavy atom. The molecule has 1 aliphatic rings. The summed E-state index contributed by atoms with van der Waals surface area (Å²) in [5, 5.41) is 0.351. The van der Waals surface area contributed by atoms with Crippen LogP contribution in [0.5, 0.6) is 11.8 Å². The Kier molecular flexibility index (Phi) is 12.1. The first-order valence-electron chi connectivity index (χ1n) is 12.0. The Morgan fingerprint density at radius 2 is 1.32 bits per heavy atom. The van der Waals surface area contributed by atoms with E-state index in [2.05, 4.69) is 29.7 Å². The second-order valence-corrected chi connectivity index (χ2v) is 8.91. The van der Waals surface area contributed by atoms with Gasteiger partial charge in [-0.25, -0.2) is 9.97 Å². The van der Waals surface area contributed by atoms with Gasteiger partial charge in [-0.1, -0.05) is 0 Å². The number of methoxy groups -OCH3 is 2.